The fourth-order valence-electron chi connectivity index (χ4n) is 1.71. The van der Waals surface area contributed by atoms with E-state index < -0.39 is 21.0 Å². The van der Waals surface area contributed by atoms with Crippen molar-refractivity contribution in [1.29, 1.82) is 0 Å². The number of benzene rings is 1. The third kappa shape index (κ3) is 2.22. The molecule has 18 heavy (non-hydrogen) atoms. The summed E-state index contributed by atoms with van der Waals surface area (Å²) in [5.74, 6) is 1.49. The summed E-state index contributed by atoms with van der Waals surface area (Å²) in [7, 11) is -3.41. The van der Waals surface area contributed by atoms with Crippen LogP contribution in [0.5, 0.6) is 0 Å². The molecule has 1 aromatic carbocycles. The van der Waals surface area contributed by atoms with Gasteiger partial charge in [-0.3, -0.25) is 4.79 Å². The highest BCUT2D eigenvalue weighted by atomic mass is 35.5. The van der Waals surface area contributed by atoms with Crippen LogP contribution in [0, 0.1) is 12.3 Å². The maximum Gasteiger partial charge on any atom is 0.298 e. The van der Waals surface area contributed by atoms with Gasteiger partial charge in [-0.25, -0.2) is 8.42 Å². The lowest BCUT2D eigenvalue weighted by Gasteiger charge is -2.37. The Morgan fingerprint density at radius 2 is 1.89 bits per heavy atom. The molecule has 1 heterocycles. The Kier molecular flexibility index (Phi) is 3.33. The largest absolute Gasteiger partial charge is 0.329 e. The monoisotopic (exact) mass is 283 g/mol. The summed E-state index contributed by atoms with van der Waals surface area (Å²) in [6.07, 6.45) is 4.96. The van der Waals surface area contributed by atoms with Gasteiger partial charge in [0, 0.05) is 18.1 Å². The quantitative estimate of drug-likeness (QED) is 0.760. The van der Waals surface area contributed by atoms with E-state index in [0.717, 1.165) is 0 Å². The number of nitrogens with zero attached hydrogens (tertiary/aromatic N) is 1. The number of amides is 1. The number of carbonyl (C=O) groups is 1. The molecule has 0 aromatic heterocycles. The van der Waals surface area contributed by atoms with Crippen molar-refractivity contribution in [3.05, 3.63) is 29.3 Å². The molecule has 0 radical (unpaired) electrons. The highest BCUT2D eigenvalue weighted by Crippen LogP contribution is 2.24. The van der Waals surface area contributed by atoms with E-state index in [1.54, 1.807) is 0 Å². The van der Waals surface area contributed by atoms with Gasteiger partial charge >= 0.3 is 0 Å². The van der Waals surface area contributed by atoms with E-state index in [9.17, 15) is 13.2 Å². The summed E-state index contributed by atoms with van der Waals surface area (Å²) in [6, 6.07) is 5.97. The van der Waals surface area contributed by atoms with Crippen molar-refractivity contribution in [3.8, 4) is 12.3 Å². The van der Waals surface area contributed by atoms with Gasteiger partial charge in [0.05, 0.1) is 4.90 Å². The topological polar surface area (TPSA) is 54.5 Å². The highest BCUT2D eigenvalue weighted by Gasteiger charge is 2.39. The molecule has 94 valence electrons. The molecule has 1 aliphatic heterocycles. The maximum absolute atomic E-state index is 12.1. The lowest BCUT2D eigenvalue weighted by atomic mass is 10.2. The van der Waals surface area contributed by atoms with Gasteiger partial charge in [-0.15, -0.1) is 6.42 Å². The summed E-state index contributed by atoms with van der Waals surface area (Å²) in [5, 5.41) is -0.109. The zero-order chi connectivity index (χ0) is 13.3. The maximum atomic E-state index is 12.1. The van der Waals surface area contributed by atoms with Crippen LogP contribution >= 0.6 is 11.6 Å². The third-order valence-corrected chi connectivity index (χ3v) is 5.20. The number of hydrogen-bond acceptors (Lipinski definition) is 3. The Hall–Kier alpha value is -1.51. The molecule has 1 amide bonds. The minimum atomic E-state index is -3.41. The molecule has 0 spiro atoms. The number of rotatable bonds is 2. The van der Waals surface area contributed by atoms with Crippen LogP contribution in [0.4, 0.5) is 0 Å². The highest BCUT2D eigenvalue weighted by molar-refractivity contribution is 7.92. The first-order valence-electron chi connectivity index (χ1n) is 5.20. The van der Waals surface area contributed by atoms with Crippen molar-refractivity contribution in [1.82, 2.24) is 4.90 Å². The Morgan fingerprint density at radius 1 is 1.33 bits per heavy atom. The van der Waals surface area contributed by atoms with Crippen LogP contribution < -0.4 is 0 Å². The molecule has 0 aliphatic carbocycles. The summed E-state index contributed by atoms with van der Waals surface area (Å²) in [5.41, 5.74) is 0. The molecule has 0 unspecified atom stereocenters. The molecule has 0 saturated carbocycles. The Bertz CT molecular complexity index is 610. The molecule has 1 saturated heterocycles. The molecule has 0 atom stereocenters. The third-order valence-electron chi connectivity index (χ3n) is 2.84. The zero-order valence-electron chi connectivity index (χ0n) is 9.34. The van der Waals surface area contributed by atoms with Crippen molar-refractivity contribution in [2.24, 2.45) is 0 Å². The fourth-order valence-corrected chi connectivity index (χ4v) is 3.49. The first kappa shape index (κ1) is 12.9. The Balaban J connectivity index is 2.13. The van der Waals surface area contributed by atoms with Gasteiger partial charge in [0.25, 0.3) is 5.91 Å². The summed E-state index contributed by atoms with van der Waals surface area (Å²) in [4.78, 5) is 12.7. The smallest absolute Gasteiger partial charge is 0.298 e. The van der Waals surface area contributed by atoms with Crippen LogP contribution in [-0.4, -0.2) is 37.6 Å². The summed E-state index contributed by atoms with van der Waals surface area (Å²) < 4.78 is 24.3. The van der Waals surface area contributed by atoms with Crippen LogP contribution in [0.1, 0.15) is 0 Å². The first-order valence-corrected chi connectivity index (χ1v) is 7.12. The van der Waals surface area contributed by atoms with Gasteiger partial charge < -0.3 is 4.90 Å². The molecule has 2 rings (SSSR count). The van der Waals surface area contributed by atoms with Gasteiger partial charge in [-0.05, 0) is 30.2 Å². The molecule has 0 bridgehead atoms. The van der Waals surface area contributed by atoms with E-state index in [-0.39, 0.29) is 18.0 Å². The van der Waals surface area contributed by atoms with Gasteiger partial charge in [-0.2, -0.15) is 0 Å². The van der Waals surface area contributed by atoms with E-state index in [1.807, 2.05) is 5.92 Å². The Morgan fingerprint density at radius 3 is 2.39 bits per heavy atom. The Labute approximate surface area is 110 Å². The van der Waals surface area contributed by atoms with Crippen molar-refractivity contribution in [3.63, 3.8) is 0 Å². The second-order valence-electron chi connectivity index (χ2n) is 3.98. The number of carbonyl (C=O) groups excluding carboxylic acids is 1. The van der Waals surface area contributed by atoms with E-state index in [1.165, 1.54) is 29.2 Å². The second kappa shape index (κ2) is 4.63. The van der Waals surface area contributed by atoms with Gasteiger partial charge in [0.1, 0.15) is 5.25 Å². The number of terminal acetylenes is 1. The molecule has 6 heteroatoms. The molecule has 0 N–H and O–H groups in total. The predicted octanol–water partition coefficient (Wildman–Crippen LogP) is 0.958. The number of sulfone groups is 1. The van der Waals surface area contributed by atoms with Crippen molar-refractivity contribution >= 4 is 27.3 Å². The van der Waals surface area contributed by atoms with Crippen LogP contribution in [-0.2, 0) is 14.6 Å². The molecule has 4 nitrogen and oxygen atoms in total. The standard InChI is InChI=1S/C12H10ClNO3S/c1-2-12(15)14-7-11(8-14)18(16,17)10-5-3-9(13)4-6-10/h1,3-6,11H,7-8H2. The van der Waals surface area contributed by atoms with Crippen LogP contribution in [0.3, 0.4) is 0 Å². The minimum Gasteiger partial charge on any atom is -0.329 e. The van der Waals surface area contributed by atoms with Crippen LogP contribution in [0.2, 0.25) is 5.02 Å². The second-order valence-corrected chi connectivity index (χ2v) is 6.64. The number of likely N-dealkylation sites (tertiary alicyclic amines) is 1. The molecular formula is C12H10ClNO3S. The van der Waals surface area contributed by atoms with E-state index >= 15 is 0 Å². The molecule has 1 aromatic rings. The van der Waals surface area contributed by atoms with E-state index in [0.29, 0.717) is 5.02 Å². The molecular weight excluding hydrogens is 274 g/mol. The SMILES string of the molecule is C#CC(=O)N1CC(S(=O)(=O)c2ccc(Cl)cc2)C1. The van der Waals surface area contributed by atoms with Gasteiger partial charge in [-0.1, -0.05) is 11.6 Å². The van der Waals surface area contributed by atoms with E-state index in [2.05, 4.69) is 0 Å². The van der Waals surface area contributed by atoms with Gasteiger partial charge in [0.2, 0.25) is 0 Å². The van der Waals surface area contributed by atoms with Crippen LogP contribution in [0.25, 0.3) is 0 Å². The zero-order valence-corrected chi connectivity index (χ0v) is 10.9. The van der Waals surface area contributed by atoms with Crippen molar-refractivity contribution < 1.29 is 13.2 Å². The summed E-state index contributed by atoms with van der Waals surface area (Å²) in [6.45, 7) is 0.294. The average molecular weight is 284 g/mol. The number of halogens is 1. The lowest BCUT2D eigenvalue weighted by Crippen LogP contribution is -2.56. The predicted molar refractivity (Wildman–Crippen MR) is 67.8 cm³/mol. The van der Waals surface area contributed by atoms with E-state index in [4.69, 9.17) is 18.0 Å². The summed E-state index contributed by atoms with van der Waals surface area (Å²) >= 11 is 5.70. The average Bonchev–Trinajstić information content (AvgIpc) is 2.27. The molecule has 1 fully saturated rings. The lowest BCUT2D eigenvalue weighted by molar-refractivity contribution is -0.128. The van der Waals surface area contributed by atoms with Crippen LogP contribution in [0.15, 0.2) is 29.2 Å². The van der Waals surface area contributed by atoms with Gasteiger partial charge in [0.15, 0.2) is 9.84 Å². The fraction of sp³-hybridized carbons (Fsp3) is 0.250. The minimum absolute atomic E-state index is 0.147. The molecule has 1 aliphatic rings. The number of hydrogen-bond donors (Lipinski definition) is 0. The van der Waals surface area contributed by atoms with Crippen molar-refractivity contribution in [2.75, 3.05) is 13.1 Å². The normalized spacial score (nSPS) is 15.9. The first-order chi connectivity index (χ1) is 8.45. The van der Waals surface area contributed by atoms with Crippen molar-refractivity contribution in [2.45, 2.75) is 10.1 Å².